The van der Waals surface area contributed by atoms with E-state index < -0.39 is 0 Å². The summed E-state index contributed by atoms with van der Waals surface area (Å²) >= 11 is 6.21. The summed E-state index contributed by atoms with van der Waals surface area (Å²) in [6.07, 6.45) is 2.72. The van der Waals surface area contributed by atoms with Gasteiger partial charge in [-0.25, -0.2) is 4.98 Å². The molecule has 1 aromatic heterocycles. The van der Waals surface area contributed by atoms with E-state index in [2.05, 4.69) is 48.2 Å². The second kappa shape index (κ2) is 5.00. The summed E-state index contributed by atoms with van der Waals surface area (Å²) in [5.41, 5.74) is 2.11. The van der Waals surface area contributed by atoms with Crippen LogP contribution in [0.2, 0.25) is 0 Å². The summed E-state index contributed by atoms with van der Waals surface area (Å²) in [5, 5.41) is 12.0. The van der Waals surface area contributed by atoms with E-state index in [9.17, 15) is 0 Å². The Bertz CT molecular complexity index is 433. The average molecular weight is 269 g/mol. The predicted octanol–water partition coefficient (Wildman–Crippen LogP) is 2.81. The number of hydrogen-bond donors (Lipinski definition) is 1. The number of hydrogen-bond acceptors (Lipinski definition) is 4. The molecule has 2 unspecified atom stereocenters. The third kappa shape index (κ3) is 2.30. The van der Waals surface area contributed by atoms with Crippen LogP contribution >= 0.6 is 11.6 Å². The third-order valence-corrected chi connectivity index (χ3v) is 4.70. The van der Waals surface area contributed by atoms with Gasteiger partial charge in [-0.1, -0.05) is 27.7 Å². The van der Waals surface area contributed by atoms with E-state index in [1.165, 1.54) is 0 Å². The molecule has 18 heavy (non-hydrogen) atoms. The molecule has 0 aromatic carbocycles. The number of nitrogens with zero attached hydrogens (tertiary/aromatic N) is 3. The van der Waals surface area contributed by atoms with Crippen molar-refractivity contribution in [3.8, 4) is 0 Å². The molecular formula is C13H21ClN4. The summed E-state index contributed by atoms with van der Waals surface area (Å²) < 4.78 is 0. The van der Waals surface area contributed by atoms with Crippen molar-refractivity contribution in [2.45, 2.75) is 58.4 Å². The SMILES string of the molecule is CCc1nnc(NC2CC(Cl)C2(C)C)nc1CC. The van der Waals surface area contributed by atoms with E-state index >= 15 is 0 Å². The Hall–Kier alpha value is -0.900. The van der Waals surface area contributed by atoms with E-state index in [1.807, 2.05) is 0 Å². The number of rotatable bonds is 4. The van der Waals surface area contributed by atoms with E-state index in [4.69, 9.17) is 11.6 Å². The van der Waals surface area contributed by atoms with Gasteiger partial charge in [-0.15, -0.1) is 16.7 Å². The largest absolute Gasteiger partial charge is 0.350 e. The van der Waals surface area contributed by atoms with Crippen LogP contribution in [-0.4, -0.2) is 26.6 Å². The Morgan fingerprint density at radius 2 is 1.89 bits per heavy atom. The molecule has 1 aromatic rings. The molecule has 1 N–H and O–H groups in total. The Balaban J connectivity index is 2.11. The quantitative estimate of drug-likeness (QED) is 0.853. The monoisotopic (exact) mass is 268 g/mol. The molecule has 1 aliphatic carbocycles. The second-order valence-corrected chi connectivity index (χ2v) is 5.98. The maximum absolute atomic E-state index is 6.21. The lowest BCUT2D eigenvalue weighted by atomic mass is 9.67. The molecule has 0 spiro atoms. The van der Waals surface area contributed by atoms with E-state index in [-0.39, 0.29) is 10.8 Å². The number of aromatic nitrogens is 3. The van der Waals surface area contributed by atoms with Crippen molar-refractivity contribution >= 4 is 17.5 Å². The molecule has 1 heterocycles. The third-order valence-electron chi connectivity index (χ3n) is 3.96. The van der Waals surface area contributed by atoms with Gasteiger partial charge in [-0.2, -0.15) is 5.10 Å². The Labute approximate surface area is 114 Å². The summed E-state index contributed by atoms with van der Waals surface area (Å²) in [6.45, 7) is 8.50. The normalized spacial score (nSPS) is 25.6. The second-order valence-electron chi connectivity index (χ2n) is 5.46. The first-order valence-electron chi connectivity index (χ1n) is 6.62. The van der Waals surface area contributed by atoms with Gasteiger partial charge in [0.1, 0.15) is 0 Å². The number of nitrogens with one attached hydrogen (secondary N) is 1. The topological polar surface area (TPSA) is 50.7 Å². The fourth-order valence-electron chi connectivity index (χ4n) is 2.27. The zero-order chi connectivity index (χ0) is 13.3. The maximum Gasteiger partial charge on any atom is 0.243 e. The Morgan fingerprint density at radius 3 is 2.39 bits per heavy atom. The molecular weight excluding hydrogens is 248 g/mol. The van der Waals surface area contributed by atoms with Gasteiger partial charge < -0.3 is 5.32 Å². The van der Waals surface area contributed by atoms with Gasteiger partial charge in [-0.3, -0.25) is 0 Å². The minimum atomic E-state index is 0.0840. The minimum absolute atomic E-state index is 0.0840. The highest BCUT2D eigenvalue weighted by molar-refractivity contribution is 6.21. The van der Waals surface area contributed by atoms with E-state index in [0.29, 0.717) is 12.0 Å². The highest BCUT2D eigenvalue weighted by atomic mass is 35.5. The lowest BCUT2D eigenvalue weighted by molar-refractivity contribution is 0.167. The van der Waals surface area contributed by atoms with Gasteiger partial charge in [0.15, 0.2) is 0 Å². The summed E-state index contributed by atoms with van der Waals surface area (Å²) in [5.74, 6) is 0.630. The standard InChI is InChI=1S/C13H21ClN4/c1-5-8-9(6-2)17-18-12(15-8)16-11-7-10(14)13(11,3)4/h10-11H,5-7H2,1-4H3,(H,15,16,18). The lowest BCUT2D eigenvalue weighted by Crippen LogP contribution is -2.54. The molecule has 2 rings (SSSR count). The number of alkyl halides is 1. The van der Waals surface area contributed by atoms with Crippen LogP contribution in [0.3, 0.4) is 0 Å². The summed E-state index contributed by atoms with van der Waals surface area (Å²) in [4.78, 5) is 4.55. The molecule has 0 aliphatic heterocycles. The van der Waals surface area contributed by atoms with Crippen molar-refractivity contribution in [1.82, 2.24) is 15.2 Å². The van der Waals surface area contributed by atoms with Crippen molar-refractivity contribution in [3.63, 3.8) is 0 Å². The van der Waals surface area contributed by atoms with Gasteiger partial charge in [-0.05, 0) is 19.3 Å². The van der Waals surface area contributed by atoms with Crippen LogP contribution in [0, 0.1) is 5.41 Å². The Morgan fingerprint density at radius 1 is 1.22 bits per heavy atom. The minimum Gasteiger partial charge on any atom is -0.350 e. The molecule has 1 aliphatic rings. The summed E-state index contributed by atoms with van der Waals surface area (Å²) in [6, 6.07) is 0.332. The van der Waals surface area contributed by atoms with Crippen LogP contribution in [-0.2, 0) is 12.8 Å². The number of halogens is 1. The first kappa shape index (κ1) is 13.5. The first-order valence-corrected chi connectivity index (χ1v) is 7.05. The molecule has 100 valence electrons. The van der Waals surface area contributed by atoms with Crippen LogP contribution in [0.15, 0.2) is 0 Å². The fourth-order valence-corrected chi connectivity index (χ4v) is 2.60. The molecule has 0 amide bonds. The molecule has 0 radical (unpaired) electrons. The van der Waals surface area contributed by atoms with Gasteiger partial charge in [0.2, 0.25) is 5.95 Å². The van der Waals surface area contributed by atoms with Crippen molar-refractivity contribution in [1.29, 1.82) is 0 Å². The van der Waals surface area contributed by atoms with Gasteiger partial charge in [0.25, 0.3) is 0 Å². The maximum atomic E-state index is 6.21. The summed E-state index contributed by atoms with van der Waals surface area (Å²) in [7, 11) is 0. The smallest absolute Gasteiger partial charge is 0.243 e. The van der Waals surface area contributed by atoms with Crippen LogP contribution in [0.25, 0.3) is 0 Å². The lowest BCUT2D eigenvalue weighted by Gasteiger charge is -2.49. The van der Waals surface area contributed by atoms with E-state index in [0.717, 1.165) is 30.7 Å². The van der Waals surface area contributed by atoms with Gasteiger partial charge in [0, 0.05) is 16.8 Å². The van der Waals surface area contributed by atoms with Crippen molar-refractivity contribution in [2.24, 2.45) is 5.41 Å². The average Bonchev–Trinajstić information content (AvgIpc) is 2.38. The molecule has 1 fully saturated rings. The highest BCUT2D eigenvalue weighted by Gasteiger charge is 2.47. The molecule has 4 nitrogen and oxygen atoms in total. The highest BCUT2D eigenvalue weighted by Crippen LogP contribution is 2.45. The van der Waals surface area contributed by atoms with Crippen LogP contribution in [0.1, 0.15) is 45.5 Å². The van der Waals surface area contributed by atoms with E-state index in [1.54, 1.807) is 0 Å². The molecule has 0 saturated heterocycles. The molecule has 1 saturated carbocycles. The van der Waals surface area contributed by atoms with Crippen molar-refractivity contribution in [3.05, 3.63) is 11.4 Å². The number of anilines is 1. The zero-order valence-corrected chi connectivity index (χ0v) is 12.3. The predicted molar refractivity (Wildman–Crippen MR) is 74.0 cm³/mol. The molecule has 0 bridgehead atoms. The Kier molecular flexibility index (Phi) is 3.76. The van der Waals surface area contributed by atoms with Gasteiger partial charge in [0.05, 0.1) is 11.4 Å². The number of aryl methyl sites for hydroxylation is 2. The van der Waals surface area contributed by atoms with Crippen LogP contribution in [0.4, 0.5) is 5.95 Å². The molecule has 2 atom stereocenters. The zero-order valence-electron chi connectivity index (χ0n) is 11.5. The molecule has 5 heteroatoms. The fraction of sp³-hybridized carbons (Fsp3) is 0.769. The van der Waals surface area contributed by atoms with Crippen LogP contribution in [0.5, 0.6) is 0 Å². The van der Waals surface area contributed by atoms with Crippen LogP contribution < -0.4 is 5.32 Å². The first-order chi connectivity index (χ1) is 8.48. The van der Waals surface area contributed by atoms with Crippen molar-refractivity contribution < 1.29 is 0 Å². The van der Waals surface area contributed by atoms with Gasteiger partial charge >= 0.3 is 0 Å². The van der Waals surface area contributed by atoms with Crippen molar-refractivity contribution in [2.75, 3.05) is 5.32 Å².